The predicted molar refractivity (Wildman–Crippen MR) is 62.4 cm³/mol. The first-order valence-electron chi connectivity index (χ1n) is 4.97. The number of sulfone groups is 1. The van der Waals surface area contributed by atoms with E-state index in [1.54, 1.807) is 30.5 Å². The first kappa shape index (κ1) is 12.8. The monoisotopic (exact) mass is 248 g/mol. The Hall–Kier alpha value is -0.250. The average Bonchev–Trinajstić information content (AvgIpc) is 2.28. The van der Waals surface area contributed by atoms with Crippen molar-refractivity contribution >= 4 is 21.6 Å². The summed E-state index contributed by atoms with van der Waals surface area (Å²) in [5.41, 5.74) is 0. The third-order valence-electron chi connectivity index (χ3n) is 2.63. The Morgan fingerprint density at radius 3 is 2.87 bits per heavy atom. The van der Waals surface area contributed by atoms with Gasteiger partial charge in [-0.3, -0.25) is 4.90 Å². The Kier molecular flexibility index (Phi) is 4.44. The zero-order valence-corrected chi connectivity index (χ0v) is 10.6. The van der Waals surface area contributed by atoms with Crippen LogP contribution in [0.3, 0.4) is 0 Å². The highest BCUT2D eigenvalue weighted by Crippen LogP contribution is 2.23. The van der Waals surface area contributed by atoms with Gasteiger partial charge in [0.05, 0.1) is 12.1 Å². The summed E-state index contributed by atoms with van der Waals surface area (Å²) in [6.45, 7) is 4.10. The highest BCUT2D eigenvalue weighted by atomic mass is 32.2. The summed E-state index contributed by atoms with van der Waals surface area (Å²) in [4.78, 5) is 1.80. The van der Waals surface area contributed by atoms with E-state index in [0.29, 0.717) is 12.3 Å². The van der Waals surface area contributed by atoms with Crippen LogP contribution in [0.15, 0.2) is 0 Å². The van der Waals surface area contributed by atoms with Gasteiger partial charge < -0.3 is 0 Å². The lowest BCUT2D eigenvalue weighted by Crippen LogP contribution is -2.51. The lowest BCUT2D eigenvalue weighted by molar-refractivity contribution is 0.242. The summed E-state index contributed by atoms with van der Waals surface area (Å²) in [7, 11) is -3.07. The maximum atomic E-state index is 11.8. The minimum atomic E-state index is -3.07. The first-order valence-corrected chi connectivity index (χ1v) is 7.84. The summed E-state index contributed by atoms with van der Waals surface area (Å²) < 4.78 is 23.6. The maximum absolute atomic E-state index is 11.8. The van der Waals surface area contributed by atoms with Crippen LogP contribution in [0.4, 0.5) is 0 Å². The summed E-state index contributed by atoms with van der Waals surface area (Å²) in [5, 5.41) is 8.37. The molecule has 2 atom stereocenters. The van der Waals surface area contributed by atoms with Crippen molar-refractivity contribution in [2.45, 2.75) is 25.3 Å². The number of hydrogen-bond donors (Lipinski definition) is 0. The van der Waals surface area contributed by atoms with E-state index in [0.717, 1.165) is 5.75 Å². The molecule has 1 heterocycles. The third kappa shape index (κ3) is 2.86. The molecule has 0 aromatic heterocycles. The quantitative estimate of drug-likeness (QED) is 0.736. The van der Waals surface area contributed by atoms with Crippen LogP contribution < -0.4 is 0 Å². The topological polar surface area (TPSA) is 61.2 Å². The molecule has 1 aliphatic heterocycles. The van der Waals surface area contributed by atoms with E-state index in [1.807, 2.05) is 0 Å². The number of hydrogen-bond acceptors (Lipinski definition) is 5. The summed E-state index contributed by atoms with van der Waals surface area (Å²) >= 11 is 1.65. The van der Waals surface area contributed by atoms with Crippen LogP contribution in [0.5, 0.6) is 0 Å². The first-order chi connectivity index (χ1) is 7.03. The molecule has 15 heavy (non-hydrogen) atoms. The van der Waals surface area contributed by atoms with E-state index in [1.165, 1.54) is 0 Å². The largest absolute Gasteiger partial charge is 0.270 e. The van der Waals surface area contributed by atoms with E-state index in [9.17, 15) is 8.42 Å². The number of thioether (sulfide) groups is 1. The summed E-state index contributed by atoms with van der Waals surface area (Å²) in [5.74, 6) is 1.64. The molecule has 0 spiro atoms. The minimum Gasteiger partial charge on any atom is -0.270 e. The molecule has 0 aromatic carbocycles. The Balaban J connectivity index is 2.89. The maximum Gasteiger partial charge on any atom is 0.166 e. The number of rotatable bonds is 3. The van der Waals surface area contributed by atoms with Gasteiger partial charge in [0, 0.05) is 23.8 Å². The Morgan fingerprint density at radius 2 is 2.33 bits per heavy atom. The Bertz CT molecular complexity index is 348. The van der Waals surface area contributed by atoms with Crippen LogP contribution in [0, 0.1) is 11.3 Å². The SMILES string of the molecule is CCS(=O)(=O)C1CSCCN1C(C)C#N. The fraction of sp³-hybridized carbons (Fsp3) is 0.889. The fourth-order valence-electron chi connectivity index (χ4n) is 1.61. The van der Waals surface area contributed by atoms with E-state index >= 15 is 0 Å². The van der Waals surface area contributed by atoms with Gasteiger partial charge in [-0.2, -0.15) is 17.0 Å². The van der Waals surface area contributed by atoms with Crippen LogP contribution in [0.1, 0.15) is 13.8 Å². The van der Waals surface area contributed by atoms with Crippen LogP contribution >= 0.6 is 11.8 Å². The summed E-state index contributed by atoms with van der Waals surface area (Å²) in [6, 6.07) is 1.79. The normalized spacial score (nSPS) is 25.8. The van der Waals surface area contributed by atoms with Crippen LogP contribution in [0.25, 0.3) is 0 Å². The second kappa shape index (κ2) is 5.19. The minimum absolute atomic E-state index is 0.146. The lowest BCUT2D eigenvalue weighted by atomic mass is 10.3. The lowest BCUT2D eigenvalue weighted by Gasteiger charge is -2.36. The molecule has 0 aliphatic carbocycles. The molecule has 0 bridgehead atoms. The van der Waals surface area contributed by atoms with Crippen LogP contribution in [0.2, 0.25) is 0 Å². The molecule has 1 aliphatic rings. The van der Waals surface area contributed by atoms with Gasteiger partial charge in [-0.1, -0.05) is 6.92 Å². The van der Waals surface area contributed by atoms with Crippen molar-refractivity contribution in [3.8, 4) is 6.07 Å². The van der Waals surface area contributed by atoms with Gasteiger partial charge in [0.25, 0.3) is 0 Å². The van der Waals surface area contributed by atoms with Crippen molar-refractivity contribution in [3.63, 3.8) is 0 Å². The molecule has 1 rings (SSSR count). The van der Waals surface area contributed by atoms with Crippen molar-refractivity contribution in [3.05, 3.63) is 0 Å². The van der Waals surface area contributed by atoms with Crippen molar-refractivity contribution in [1.29, 1.82) is 5.26 Å². The molecule has 1 fully saturated rings. The van der Waals surface area contributed by atoms with Gasteiger partial charge in [-0.05, 0) is 6.92 Å². The van der Waals surface area contributed by atoms with Gasteiger partial charge in [0.15, 0.2) is 9.84 Å². The zero-order chi connectivity index (χ0) is 11.5. The van der Waals surface area contributed by atoms with E-state index in [-0.39, 0.29) is 11.8 Å². The standard InChI is InChI=1S/C9H16N2O2S2/c1-3-15(12,13)9-7-14-5-4-11(9)8(2)6-10/h8-9H,3-5,7H2,1-2H3. The van der Waals surface area contributed by atoms with Gasteiger partial charge in [-0.25, -0.2) is 8.42 Å². The number of nitriles is 1. The van der Waals surface area contributed by atoms with E-state index in [2.05, 4.69) is 6.07 Å². The Labute approximate surface area is 95.6 Å². The van der Waals surface area contributed by atoms with E-state index in [4.69, 9.17) is 5.26 Å². The van der Waals surface area contributed by atoms with Crippen molar-refractivity contribution < 1.29 is 8.42 Å². The molecule has 1 saturated heterocycles. The smallest absolute Gasteiger partial charge is 0.166 e. The van der Waals surface area contributed by atoms with Gasteiger partial charge in [-0.15, -0.1) is 0 Å². The molecule has 4 nitrogen and oxygen atoms in total. The summed E-state index contributed by atoms with van der Waals surface area (Å²) in [6.07, 6.45) is 0. The van der Waals surface area contributed by atoms with Crippen LogP contribution in [-0.2, 0) is 9.84 Å². The van der Waals surface area contributed by atoms with Crippen molar-refractivity contribution in [1.82, 2.24) is 4.90 Å². The second-order valence-electron chi connectivity index (χ2n) is 3.52. The Morgan fingerprint density at radius 1 is 1.67 bits per heavy atom. The third-order valence-corrected chi connectivity index (χ3v) is 5.93. The zero-order valence-electron chi connectivity index (χ0n) is 9.01. The molecular weight excluding hydrogens is 232 g/mol. The van der Waals surface area contributed by atoms with Gasteiger partial charge in [0.2, 0.25) is 0 Å². The van der Waals surface area contributed by atoms with Crippen LogP contribution in [-0.4, -0.2) is 48.5 Å². The molecule has 0 N–H and O–H groups in total. The molecule has 0 saturated carbocycles. The highest BCUT2D eigenvalue weighted by Gasteiger charge is 2.35. The second-order valence-corrected chi connectivity index (χ2v) is 7.12. The number of nitrogens with zero attached hydrogens (tertiary/aromatic N) is 2. The molecule has 86 valence electrons. The fourth-order valence-corrected chi connectivity index (χ4v) is 4.72. The molecule has 0 aromatic rings. The molecule has 2 unspecified atom stereocenters. The van der Waals surface area contributed by atoms with Gasteiger partial charge >= 0.3 is 0 Å². The highest BCUT2D eigenvalue weighted by molar-refractivity contribution is 8.01. The molecule has 0 amide bonds. The van der Waals surface area contributed by atoms with E-state index < -0.39 is 15.2 Å². The van der Waals surface area contributed by atoms with Crippen molar-refractivity contribution in [2.75, 3.05) is 23.8 Å². The average molecular weight is 248 g/mol. The molecule has 6 heteroatoms. The predicted octanol–water partition coefficient (Wildman–Crippen LogP) is 0.708. The van der Waals surface area contributed by atoms with Crippen molar-refractivity contribution in [2.24, 2.45) is 0 Å². The molecule has 0 radical (unpaired) electrons. The van der Waals surface area contributed by atoms with Gasteiger partial charge in [0.1, 0.15) is 5.37 Å². The molecular formula is C9H16N2O2S2.